The summed E-state index contributed by atoms with van der Waals surface area (Å²) in [6.07, 6.45) is 0. The summed E-state index contributed by atoms with van der Waals surface area (Å²) in [7, 11) is 0. The Labute approximate surface area is 91.8 Å². The topological polar surface area (TPSA) is 13.1 Å². The van der Waals surface area contributed by atoms with E-state index in [1.54, 1.807) is 6.92 Å². The number of furan rings is 1. The van der Waals surface area contributed by atoms with Crippen LogP contribution in [-0.2, 0) is 0 Å². The Bertz CT molecular complexity index is 852. The Morgan fingerprint density at radius 3 is 2.71 bits per heavy atom. The molecular formula is C13H10O. The van der Waals surface area contributed by atoms with E-state index >= 15 is 0 Å². The fraction of sp³-hybridized carbons (Fsp3) is 0.0769. The number of fused-ring (bicyclic) bond motifs is 3. The molecule has 1 aromatic heterocycles. The third-order valence-corrected chi connectivity index (χ3v) is 2.14. The molecule has 14 heavy (non-hydrogen) atoms. The summed E-state index contributed by atoms with van der Waals surface area (Å²) in [6.45, 7) is 1.58. The van der Waals surface area contributed by atoms with Crippen molar-refractivity contribution in [3.8, 4) is 0 Å². The maximum absolute atomic E-state index is 8.00. The molecule has 2 aromatic carbocycles. The van der Waals surface area contributed by atoms with E-state index in [2.05, 4.69) is 0 Å². The van der Waals surface area contributed by atoms with E-state index in [9.17, 15) is 0 Å². The lowest BCUT2D eigenvalue weighted by atomic mass is 10.1. The molecule has 0 radical (unpaired) electrons. The fourth-order valence-corrected chi connectivity index (χ4v) is 1.51. The zero-order chi connectivity index (χ0) is 15.6. The first-order chi connectivity index (χ1) is 9.77. The Balaban J connectivity index is 2.73. The first kappa shape index (κ1) is 3.43. The lowest BCUT2D eigenvalue weighted by Crippen LogP contribution is -1.72. The summed E-state index contributed by atoms with van der Waals surface area (Å²) in [5.41, 5.74) is 0.350. The minimum atomic E-state index is -0.409. The number of hydrogen-bond acceptors (Lipinski definition) is 1. The largest absolute Gasteiger partial charge is 0.456 e. The monoisotopic (exact) mass is 189 g/mol. The number of aryl methyl sites for hydroxylation is 1. The Morgan fingerprint density at radius 1 is 1.00 bits per heavy atom. The second-order valence-electron chi connectivity index (χ2n) is 3.01. The zero-order valence-electron chi connectivity index (χ0n) is 14.4. The van der Waals surface area contributed by atoms with Gasteiger partial charge in [-0.15, -0.1) is 0 Å². The SMILES string of the molecule is [2H]c1c([2H])c([2H])c2c(oc3c([2H])c([2H])c([2H])c(C)c32)c1[2H]. The average Bonchev–Trinajstić information content (AvgIpc) is 2.87. The standard InChI is InChI=1S/C13H10O/c1-9-5-4-8-12-13(9)10-6-2-3-7-11(10)14-12/h2-8H,1H3/i2D,3D,4D,5D,6D,7D,8D. The van der Waals surface area contributed by atoms with Gasteiger partial charge in [-0.25, -0.2) is 0 Å². The number of rotatable bonds is 0. The Hall–Kier alpha value is -1.76. The third-order valence-electron chi connectivity index (χ3n) is 2.14. The predicted molar refractivity (Wildman–Crippen MR) is 58.5 cm³/mol. The minimum absolute atomic E-state index is 0.0236. The van der Waals surface area contributed by atoms with E-state index in [-0.39, 0.29) is 52.8 Å². The zero-order valence-corrected chi connectivity index (χ0v) is 7.41. The van der Waals surface area contributed by atoms with Crippen molar-refractivity contribution in [2.45, 2.75) is 6.92 Å². The molecule has 0 spiro atoms. The van der Waals surface area contributed by atoms with Crippen molar-refractivity contribution in [1.29, 1.82) is 0 Å². The predicted octanol–water partition coefficient (Wildman–Crippen LogP) is 3.89. The summed E-state index contributed by atoms with van der Waals surface area (Å²) in [6, 6.07) is -2.08. The van der Waals surface area contributed by atoms with Crippen LogP contribution in [0.1, 0.15) is 15.2 Å². The van der Waals surface area contributed by atoms with Crippen molar-refractivity contribution in [3.63, 3.8) is 0 Å². The molecule has 0 amide bonds. The highest BCUT2D eigenvalue weighted by atomic mass is 16.3. The molecule has 1 nitrogen and oxygen atoms in total. The van der Waals surface area contributed by atoms with Gasteiger partial charge in [0.2, 0.25) is 0 Å². The van der Waals surface area contributed by atoms with Crippen LogP contribution in [0.4, 0.5) is 0 Å². The molecule has 0 atom stereocenters. The van der Waals surface area contributed by atoms with E-state index in [1.165, 1.54) is 0 Å². The first-order valence-corrected chi connectivity index (χ1v) is 4.16. The molecule has 68 valence electrons. The average molecular weight is 189 g/mol. The van der Waals surface area contributed by atoms with Crippen molar-refractivity contribution >= 4 is 21.9 Å². The molecule has 1 heterocycles. The van der Waals surface area contributed by atoms with Gasteiger partial charge in [-0.05, 0) is 24.6 Å². The molecule has 0 unspecified atom stereocenters. The number of hydrogen-bond donors (Lipinski definition) is 0. The highest BCUT2D eigenvalue weighted by Gasteiger charge is 2.06. The molecule has 3 rings (SSSR count). The summed E-state index contributed by atoms with van der Waals surface area (Å²) in [5.74, 6) is 0. The third kappa shape index (κ3) is 0.896. The molecule has 3 aromatic rings. The molecule has 0 bridgehead atoms. The lowest BCUT2D eigenvalue weighted by Gasteiger charge is -1.93. The van der Waals surface area contributed by atoms with Gasteiger partial charge in [0, 0.05) is 10.8 Å². The van der Waals surface area contributed by atoms with E-state index < -0.39 is 6.04 Å². The highest BCUT2D eigenvalue weighted by molar-refractivity contribution is 6.06. The van der Waals surface area contributed by atoms with Crippen molar-refractivity contribution < 1.29 is 14.0 Å². The van der Waals surface area contributed by atoms with Gasteiger partial charge in [0.1, 0.15) is 11.2 Å². The second kappa shape index (κ2) is 2.61. The molecule has 0 saturated heterocycles. The summed E-state index contributed by atoms with van der Waals surface area (Å²) in [5, 5.41) is 0.471. The van der Waals surface area contributed by atoms with Crippen molar-refractivity contribution in [2.75, 3.05) is 0 Å². The van der Waals surface area contributed by atoms with Gasteiger partial charge >= 0.3 is 0 Å². The van der Waals surface area contributed by atoms with Crippen LogP contribution < -0.4 is 0 Å². The first-order valence-electron chi connectivity index (χ1n) is 7.66. The molecule has 0 aliphatic rings. The normalized spacial score (nSPS) is 18.2. The molecule has 0 aliphatic carbocycles. The smallest absolute Gasteiger partial charge is 0.135 e. The summed E-state index contributed by atoms with van der Waals surface area (Å²) < 4.78 is 60.2. The van der Waals surface area contributed by atoms with Crippen molar-refractivity contribution in [2.24, 2.45) is 0 Å². The molecule has 0 N–H and O–H groups in total. The molecule has 0 saturated carbocycles. The van der Waals surface area contributed by atoms with Crippen molar-refractivity contribution in [3.05, 3.63) is 47.9 Å². The summed E-state index contributed by atoms with van der Waals surface area (Å²) >= 11 is 0. The van der Waals surface area contributed by atoms with Crippen LogP contribution in [0.5, 0.6) is 0 Å². The summed E-state index contributed by atoms with van der Waals surface area (Å²) in [4.78, 5) is 0. The quantitative estimate of drug-likeness (QED) is 0.523. The van der Waals surface area contributed by atoms with Gasteiger partial charge < -0.3 is 4.42 Å². The molecule has 0 aliphatic heterocycles. The van der Waals surface area contributed by atoms with Gasteiger partial charge in [-0.1, -0.05) is 30.2 Å². The Kier molecular flexibility index (Phi) is 0.640. The van der Waals surface area contributed by atoms with Gasteiger partial charge in [-0.3, -0.25) is 0 Å². The minimum Gasteiger partial charge on any atom is -0.456 e. The van der Waals surface area contributed by atoms with E-state index in [1.807, 2.05) is 0 Å². The van der Waals surface area contributed by atoms with E-state index in [0.29, 0.717) is 10.9 Å². The lowest BCUT2D eigenvalue weighted by molar-refractivity contribution is 0.669. The maximum Gasteiger partial charge on any atom is 0.135 e. The number of benzene rings is 2. The van der Waals surface area contributed by atoms with E-state index in [4.69, 9.17) is 14.0 Å². The second-order valence-corrected chi connectivity index (χ2v) is 3.01. The van der Waals surface area contributed by atoms with Crippen LogP contribution in [-0.4, -0.2) is 0 Å². The maximum atomic E-state index is 8.00. The van der Waals surface area contributed by atoms with Crippen LogP contribution in [0.2, 0.25) is 0 Å². The van der Waals surface area contributed by atoms with Gasteiger partial charge in [-0.2, -0.15) is 0 Å². The van der Waals surface area contributed by atoms with Crippen LogP contribution in [0.15, 0.2) is 46.7 Å². The van der Waals surface area contributed by atoms with Crippen LogP contribution >= 0.6 is 0 Å². The highest BCUT2D eigenvalue weighted by Crippen LogP contribution is 2.30. The molecular weight excluding hydrogens is 172 g/mol. The molecule has 0 fully saturated rings. The fourth-order valence-electron chi connectivity index (χ4n) is 1.51. The van der Waals surface area contributed by atoms with Crippen LogP contribution in [0.3, 0.4) is 0 Å². The van der Waals surface area contributed by atoms with Gasteiger partial charge in [0.05, 0.1) is 9.60 Å². The molecule has 1 heteroatoms. The van der Waals surface area contributed by atoms with E-state index in [0.717, 1.165) is 0 Å². The van der Waals surface area contributed by atoms with Gasteiger partial charge in [0.15, 0.2) is 0 Å². The van der Waals surface area contributed by atoms with Crippen LogP contribution in [0.25, 0.3) is 21.9 Å². The van der Waals surface area contributed by atoms with Crippen LogP contribution in [0, 0.1) is 6.92 Å². The number of para-hydroxylation sites is 1. The Morgan fingerprint density at radius 2 is 1.79 bits per heavy atom. The van der Waals surface area contributed by atoms with Gasteiger partial charge in [0.25, 0.3) is 0 Å². The van der Waals surface area contributed by atoms with Crippen molar-refractivity contribution in [1.82, 2.24) is 0 Å².